The molecular formula is C17H21FN2O. The topological polar surface area (TPSA) is 55.1 Å². The number of nitrogen functional groups attached to an aromatic ring is 1. The highest BCUT2D eigenvalue weighted by Gasteiger charge is 2.54. The third-order valence-corrected chi connectivity index (χ3v) is 6.04. The van der Waals surface area contributed by atoms with Crippen molar-refractivity contribution in [1.82, 2.24) is 5.32 Å². The number of hydrogen-bond acceptors (Lipinski definition) is 2. The molecule has 0 aliphatic heterocycles. The molecule has 3 N–H and O–H groups in total. The number of halogens is 1. The van der Waals surface area contributed by atoms with E-state index in [9.17, 15) is 9.18 Å². The Kier molecular flexibility index (Phi) is 2.95. The van der Waals surface area contributed by atoms with Crippen LogP contribution in [0.4, 0.5) is 10.1 Å². The monoisotopic (exact) mass is 288 g/mol. The summed E-state index contributed by atoms with van der Waals surface area (Å²) >= 11 is 0. The fourth-order valence-electron chi connectivity index (χ4n) is 5.22. The van der Waals surface area contributed by atoms with Crippen LogP contribution in [0.1, 0.15) is 42.5 Å². The highest BCUT2D eigenvalue weighted by Crippen LogP contribution is 2.58. The van der Waals surface area contributed by atoms with Gasteiger partial charge in [0.05, 0.1) is 11.3 Å². The Morgan fingerprint density at radius 2 is 2.00 bits per heavy atom. The third kappa shape index (κ3) is 1.95. The summed E-state index contributed by atoms with van der Waals surface area (Å²) in [6.45, 7) is 0. The first-order chi connectivity index (χ1) is 10.1. The average molecular weight is 288 g/mol. The summed E-state index contributed by atoms with van der Waals surface area (Å²) in [7, 11) is 0. The lowest BCUT2D eigenvalue weighted by atomic mass is 9.79. The quantitative estimate of drug-likeness (QED) is 0.822. The molecule has 3 saturated carbocycles. The minimum Gasteiger partial charge on any atom is -0.396 e. The van der Waals surface area contributed by atoms with E-state index in [0.717, 1.165) is 24.2 Å². The second-order valence-corrected chi connectivity index (χ2v) is 6.93. The molecule has 1 aromatic carbocycles. The number of carbonyl (C=O) groups excluding carboxylic acids is 1. The molecule has 3 aliphatic carbocycles. The van der Waals surface area contributed by atoms with Gasteiger partial charge in [0.1, 0.15) is 5.82 Å². The summed E-state index contributed by atoms with van der Waals surface area (Å²) in [5.41, 5.74) is 5.90. The number of para-hydroxylation sites is 1. The molecule has 2 bridgehead atoms. The molecule has 0 spiro atoms. The maximum Gasteiger partial charge on any atom is 0.253 e. The Morgan fingerprint density at radius 1 is 1.19 bits per heavy atom. The van der Waals surface area contributed by atoms with Gasteiger partial charge in [-0.15, -0.1) is 0 Å². The van der Waals surface area contributed by atoms with Gasteiger partial charge in [0.2, 0.25) is 0 Å². The minimum atomic E-state index is -0.522. The molecule has 1 aromatic rings. The van der Waals surface area contributed by atoms with Gasteiger partial charge in [0, 0.05) is 6.04 Å². The molecule has 0 heterocycles. The Balaban J connectivity index is 1.50. The summed E-state index contributed by atoms with van der Waals surface area (Å²) in [5.74, 6) is 2.38. The number of rotatable bonds is 2. The Labute approximate surface area is 124 Å². The summed E-state index contributed by atoms with van der Waals surface area (Å²) in [6.07, 6.45) is 6.40. The van der Waals surface area contributed by atoms with Crippen molar-refractivity contribution in [2.75, 3.05) is 5.73 Å². The Bertz CT molecular complexity index is 588. The molecular weight excluding hydrogens is 267 g/mol. The lowest BCUT2D eigenvalue weighted by molar-refractivity contribution is 0.0901. The maximum atomic E-state index is 13.5. The maximum absolute atomic E-state index is 13.5. The van der Waals surface area contributed by atoms with Crippen LogP contribution in [0.15, 0.2) is 18.2 Å². The second kappa shape index (κ2) is 4.72. The average Bonchev–Trinajstić information content (AvgIpc) is 3.13. The van der Waals surface area contributed by atoms with Crippen LogP contribution in [0, 0.1) is 29.5 Å². The van der Waals surface area contributed by atoms with Gasteiger partial charge in [0.25, 0.3) is 5.91 Å². The van der Waals surface area contributed by atoms with Gasteiger partial charge in [-0.3, -0.25) is 4.79 Å². The molecule has 21 heavy (non-hydrogen) atoms. The highest BCUT2D eigenvalue weighted by molar-refractivity contribution is 5.99. The molecule has 3 fully saturated rings. The lowest BCUT2D eigenvalue weighted by Crippen LogP contribution is -2.42. The minimum absolute atomic E-state index is 0.0445. The summed E-state index contributed by atoms with van der Waals surface area (Å²) in [4.78, 5) is 12.4. The van der Waals surface area contributed by atoms with E-state index in [2.05, 4.69) is 5.32 Å². The first kappa shape index (κ1) is 13.1. The summed E-state index contributed by atoms with van der Waals surface area (Å²) in [5, 5.41) is 3.12. The zero-order valence-corrected chi connectivity index (χ0v) is 12.0. The van der Waals surface area contributed by atoms with Gasteiger partial charge in [-0.05, 0) is 61.5 Å². The lowest BCUT2D eigenvalue weighted by Gasteiger charge is -2.32. The van der Waals surface area contributed by atoms with Crippen molar-refractivity contribution in [2.24, 2.45) is 23.7 Å². The molecule has 0 radical (unpaired) electrons. The van der Waals surface area contributed by atoms with Crippen molar-refractivity contribution < 1.29 is 9.18 Å². The summed E-state index contributed by atoms with van der Waals surface area (Å²) in [6, 6.07) is 4.67. The SMILES string of the molecule is Nc1c(F)cccc1C(=O)NC1CC2CC1C1CCCC21. The standard InChI is InChI=1S/C17H21FN2O/c18-14-6-2-5-12(16(14)19)17(21)20-15-8-9-7-13(15)11-4-1-3-10(9)11/h2,5-6,9-11,13,15H,1,3-4,7-8,19H2,(H,20,21). The van der Waals surface area contributed by atoms with Crippen molar-refractivity contribution in [3.05, 3.63) is 29.6 Å². The van der Waals surface area contributed by atoms with Crippen LogP contribution in [0.3, 0.4) is 0 Å². The number of carbonyl (C=O) groups is 1. The summed E-state index contributed by atoms with van der Waals surface area (Å²) < 4.78 is 13.5. The van der Waals surface area contributed by atoms with E-state index in [1.165, 1.54) is 37.8 Å². The number of anilines is 1. The molecule has 5 atom stereocenters. The number of nitrogens with two attached hydrogens (primary N) is 1. The number of hydrogen-bond donors (Lipinski definition) is 2. The number of fused-ring (bicyclic) bond motifs is 5. The molecule has 4 rings (SSSR count). The van der Waals surface area contributed by atoms with Crippen LogP contribution in [0.25, 0.3) is 0 Å². The van der Waals surface area contributed by atoms with Gasteiger partial charge in [-0.2, -0.15) is 0 Å². The van der Waals surface area contributed by atoms with Crippen LogP contribution in [0.5, 0.6) is 0 Å². The van der Waals surface area contributed by atoms with E-state index in [0.29, 0.717) is 5.92 Å². The van der Waals surface area contributed by atoms with Gasteiger partial charge in [0.15, 0.2) is 0 Å². The highest BCUT2D eigenvalue weighted by atomic mass is 19.1. The molecule has 4 heteroatoms. The van der Waals surface area contributed by atoms with Crippen molar-refractivity contribution >= 4 is 11.6 Å². The zero-order chi connectivity index (χ0) is 14.6. The van der Waals surface area contributed by atoms with Crippen LogP contribution < -0.4 is 11.1 Å². The van der Waals surface area contributed by atoms with E-state index in [-0.39, 0.29) is 23.2 Å². The first-order valence-electron chi connectivity index (χ1n) is 8.00. The van der Waals surface area contributed by atoms with E-state index < -0.39 is 5.82 Å². The largest absolute Gasteiger partial charge is 0.396 e. The van der Waals surface area contributed by atoms with Crippen LogP contribution in [-0.2, 0) is 0 Å². The predicted octanol–water partition coefficient (Wildman–Crippen LogP) is 2.96. The second-order valence-electron chi connectivity index (χ2n) is 6.93. The number of benzene rings is 1. The molecule has 0 saturated heterocycles. The van der Waals surface area contributed by atoms with Gasteiger partial charge in [-0.1, -0.05) is 12.5 Å². The fraction of sp³-hybridized carbons (Fsp3) is 0.588. The molecule has 1 amide bonds. The Hall–Kier alpha value is -1.58. The third-order valence-electron chi connectivity index (χ3n) is 6.04. The first-order valence-corrected chi connectivity index (χ1v) is 8.00. The van der Waals surface area contributed by atoms with E-state index in [4.69, 9.17) is 5.73 Å². The normalized spacial score (nSPS) is 36.7. The predicted molar refractivity (Wildman–Crippen MR) is 79.1 cm³/mol. The number of nitrogens with one attached hydrogen (secondary N) is 1. The smallest absolute Gasteiger partial charge is 0.253 e. The van der Waals surface area contributed by atoms with Crippen molar-refractivity contribution in [2.45, 2.75) is 38.1 Å². The van der Waals surface area contributed by atoms with Crippen LogP contribution in [0.2, 0.25) is 0 Å². The molecule has 3 aliphatic rings. The Morgan fingerprint density at radius 3 is 2.86 bits per heavy atom. The van der Waals surface area contributed by atoms with E-state index in [1.54, 1.807) is 6.07 Å². The number of amides is 1. The van der Waals surface area contributed by atoms with Crippen LogP contribution in [-0.4, -0.2) is 11.9 Å². The molecule has 112 valence electrons. The van der Waals surface area contributed by atoms with Crippen molar-refractivity contribution in [3.8, 4) is 0 Å². The van der Waals surface area contributed by atoms with Crippen molar-refractivity contribution in [1.29, 1.82) is 0 Å². The van der Waals surface area contributed by atoms with Crippen LogP contribution >= 0.6 is 0 Å². The van der Waals surface area contributed by atoms with Gasteiger partial charge in [-0.25, -0.2) is 4.39 Å². The van der Waals surface area contributed by atoms with Crippen molar-refractivity contribution in [3.63, 3.8) is 0 Å². The van der Waals surface area contributed by atoms with E-state index in [1.807, 2.05) is 0 Å². The molecule has 3 nitrogen and oxygen atoms in total. The fourth-order valence-corrected chi connectivity index (χ4v) is 5.22. The molecule has 5 unspecified atom stereocenters. The molecule has 0 aromatic heterocycles. The van der Waals surface area contributed by atoms with Gasteiger partial charge < -0.3 is 11.1 Å². The van der Waals surface area contributed by atoms with Gasteiger partial charge >= 0.3 is 0 Å². The van der Waals surface area contributed by atoms with E-state index >= 15 is 0 Å². The zero-order valence-electron chi connectivity index (χ0n) is 12.0.